The van der Waals surface area contributed by atoms with E-state index in [1.54, 1.807) is 19.1 Å². The van der Waals surface area contributed by atoms with Gasteiger partial charge in [-0.25, -0.2) is 8.78 Å². The van der Waals surface area contributed by atoms with Crippen molar-refractivity contribution in [2.75, 3.05) is 6.61 Å². The van der Waals surface area contributed by atoms with Crippen molar-refractivity contribution < 1.29 is 39.1 Å². The fourth-order valence-corrected chi connectivity index (χ4v) is 3.48. The van der Waals surface area contributed by atoms with E-state index in [2.05, 4.69) is 0 Å². The zero-order valence-electron chi connectivity index (χ0n) is 15.0. The van der Waals surface area contributed by atoms with Crippen LogP contribution in [-0.4, -0.2) is 62.7 Å². The predicted octanol–water partition coefficient (Wildman–Crippen LogP) is 0.816. The summed E-state index contributed by atoms with van der Waals surface area (Å²) in [5.41, 5.74) is 1.78. The molecule has 0 saturated carbocycles. The van der Waals surface area contributed by atoms with Crippen molar-refractivity contribution >= 4 is 0 Å². The predicted molar refractivity (Wildman–Crippen MR) is 95.3 cm³/mol. The molecule has 152 valence electrons. The summed E-state index contributed by atoms with van der Waals surface area (Å²) in [5.74, 6) is -1.42. The number of halogens is 2. The highest BCUT2D eigenvalue weighted by atomic mass is 19.1. The number of benzene rings is 2. The number of aliphatic hydroxyl groups is 5. The Balaban J connectivity index is 1.89. The molecule has 5 N–H and O–H groups in total. The zero-order chi connectivity index (χ0) is 20.6. The van der Waals surface area contributed by atoms with Crippen LogP contribution < -0.4 is 0 Å². The smallest absolute Gasteiger partial charge is 0.126 e. The highest BCUT2D eigenvalue weighted by Crippen LogP contribution is 2.33. The average molecular weight is 396 g/mol. The largest absolute Gasteiger partial charge is 0.394 e. The second-order valence-electron chi connectivity index (χ2n) is 6.97. The number of rotatable bonds is 4. The first kappa shape index (κ1) is 20.8. The Hall–Kier alpha value is -1.94. The molecule has 28 heavy (non-hydrogen) atoms. The van der Waals surface area contributed by atoms with E-state index in [9.17, 15) is 34.3 Å². The molecule has 0 aromatic heterocycles. The molecule has 2 aromatic carbocycles. The third kappa shape index (κ3) is 3.93. The van der Waals surface area contributed by atoms with E-state index in [4.69, 9.17) is 4.74 Å². The van der Waals surface area contributed by atoms with Crippen LogP contribution in [-0.2, 0) is 4.74 Å². The van der Waals surface area contributed by atoms with Gasteiger partial charge in [-0.1, -0.05) is 18.2 Å². The molecule has 3 rings (SSSR count). The van der Waals surface area contributed by atoms with E-state index >= 15 is 0 Å². The third-order valence-corrected chi connectivity index (χ3v) is 5.02. The van der Waals surface area contributed by atoms with Crippen molar-refractivity contribution in [3.8, 4) is 11.1 Å². The standard InChI is InChI=1S/C20H22F2O6/c1-9-4-10(11-5-12(21)7-13(22)6-11)2-3-14(9)16(24)20-19(27)18(26)17(25)15(8-23)28-20/h2-7,15-20,23-27H,8H2,1H3/t15?,16-,17-,18?,19?,20-/m1/s1. The maximum Gasteiger partial charge on any atom is 0.126 e. The van der Waals surface area contributed by atoms with Crippen LogP contribution in [0.3, 0.4) is 0 Å². The molecule has 6 atom stereocenters. The number of ether oxygens (including phenoxy) is 1. The molecule has 6 nitrogen and oxygen atoms in total. The van der Waals surface area contributed by atoms with Gasteiger partial charge in [-0.05, 0) is 41.3 Å². The van der Waals surface area contributed by atoms with Crippen LogP contribution in [0.15, 0.2) is 36.4 Å². The van der Waals surface area contributed by atoms with Gasteiger partial charge < -0.3 is 30.3 Å². The maximum absolute atomic E-state index is 13.5. The van der Waals surface area contributed by atoms with Gasteiger partial charge in [-0.15, -0.1) is 0 Å². The molecule has 1 fully saturated rings. The zero-order valence-corrected chi connectivity index (χ0v) is 15.0. The van der Waals surface area contributed by atoms with Crippen LogP contribution >= 0.6 is 0 Å². The van der Waals surface area contributed by atoms with Crippen LogP contribution in [0.1, 0.15) is 17.2 Å². The first-order valence-electron chi connectivity index (χ1n) is 8.78. The van der Waals surface area contributed by atoms with E-state index in [-0.39, 0.29) is 0 Å². The summed E-state index contributed by atoms with van der Waals surface area (Å²) in [4.78, 5) is 0. The van der Waals surface area contributed by atoms with Crippen LogP contribution in [0.4, 0.5) is 8.78 Å². The van der Waals surface area contributed by atoms with E-state index in [1.807, 2.05) is 0 Å². The minimum atomic E-state index is -1.60. The number of hydrogen-bond donors (Lipinski definition) is 5. The van der Waals surface area contributed by atoms with Gasteiger partial charge in [0.05, 0.1) is 6.61 Å². The van der Waals surface area contributed by atoms with Crippen LogP contribution in [0.2, 0.25) is 0 Å². The third-order valence-electron chi connectivity index (χ3n) is 5.02. The second kappa shape index (κ2) is 8.20. The summed E-state index contributed by atoms with van der Waals surface area (Å²) in [7, 11) is 0. The van der Waals surface area contributed by atoms with Crippen LogP contribution in [0.5, 0.6) is 0 Å². The van der Waals surface area contributed by atoms with Crippen molar-refractivity contribution in [1.29, 1.82) is 0 Å². The first-order valence-corrected chi connectivity index (χ1v) is 8.78. The number of hydrogen-bond acceptors (Lipinski definition) is 6. The number of aliphatic hydroxyl groups excluding tert-OH is 5. The summed E-state index contributed by atoms with van der Waals surface area (Å²) >= 11 is 0. The van der Waals surface area contributed by atoms with Gasteiger partial charge >= 0.3 is 0 Å². The molecular weight excluding hydrogens is 374 g/mol. The molecule has 0 bridgehead atoms. The molecule has 3 unspecified atom stereocenters. The molecular formula is C20H22F2O6. The molecule has 1 aliphatic rings. The van der Waals surface area contributed by atoms with Crippen molar-refractivity contribution in [2.24, 2.45) is 0 Å². The monoisotopic (exact) mass is 396 g/mol. The Labute approximate surface area is 160 Å². The Bertz CT molecular complexity index is 823. The summed E-state index contributed by atoms with van der Waals surface area (Å²) in [6.45, 7) is 1.07. The lowest BCUT2D eigenvalue weighted by atomic mass is 9.88. The highest BCUT2D eigenvalue weighted by molar-refractivity contribution is 5.65. The van der Waals surface area contributed by atoms with Crippen LogP contribution in [0.25, 0.3) is 11.1 Å². The molecule has 1 heterocycles. The summed E-state index contributed by atoms with van der Waals surface area (Å²) in [6, 6.07) is 7.85. The Morgan fingerprint density at radius 3 is 2.14 bits per heavy atom. The fraction of sp³-hybridized carbons (Fsp3) is 0.400. The maximum atomic E-state index is 13.5. The summed E-state index contributed by atoms with van der Waals surface area (Å²) in [5, 5.41) is 49.9. The molecule has 1 saturated heterocycles. The van der Waals surface area contributed by atoms with E-state index < -0.39 is 54.9 Å². The van der Waals surface area contributed by atoms with Crippen molar-refractivity contribution in [2.45, 2.75) is 43.5 Å². The molecule has 2 aromatic rings. The van der Waals surface area contributed by atoms with Crippen molar-refractivity contribution in [1.82, 2.24) is 0 Å². The minimum Gasteiger partial charge on any atom is -0.394 e. The van der Waals surface area contributed by atoms with Gasteiger partial charge in [-0.2, -0.15) is 0 Å². The second-order valence-corrected chi connectivity index (χ2v) is 6.97. The fourth-order valence-electron chi connectivity index (χ4n) is 3.48. The molecule has 8 heteroatoms. The normalized spacial score (nSPS) is 28.9. The van der Waals surface area contributed by atoms with E-state index in [1.165, 1.54) is 18.2 Å². The molecule has 0 radical (unpaired) electrons. The molecule has 0 spiro atoms. The Morgan fingerprint density at radius 2 is 1.57 bits per heavy atom. The van der Waals surface area contributed by atoms with Crippen LogP contribution in [0, 0.1) is 18.6 Å². The quantitative estimate of drug-likeness (QED) is 0.523. The molecule has 1 aliphatic heterocycles. The lowest BCUT2D eigenvalue weighted by Gasteiger charge is -2.42. The first-order chi connectivity index (χ1) is 13.2. The van der Waals surface area contributed by atoms with E-state index in [0.717, 1.165) is 6.07 Å². The minimum absolute atomic E-state index is 0.328. The van der Waals surface area contributed by atoms with Gasteiger partial charge in [0.25, 0.3) is 0 Å². The summed E-state index contributed by atoms with van der Waals surface area (Å²) < 4.78 is 32.3. The van der Waals surface area contributed by atoms with Crippen molar-refractivity contribution in [3.63, 3.8) is 0 Å². The SMILES string of the molecule is Cc1cc(-c2cc(F)cc(F)c2)ccc1[C@@H](O)[C@H]1OC(CO)[C@@H](O)C(O)C1O. The Kier molecular flexibility index (Phi) is 6.09. The van der Waals surface area contributed by atoms with E-state index in [0.29, 0.717) is 22.3 Å². The van der Waals surface area contributed by atoms with Gasteiger partial charge in [-0.3, -0.25) is 0 Å². The van der Waals surface area contributed by atoms with Gasteiger partial charge in [0.15, 0.2) is 0 Å². The van der Waals surface area contributed by atoms with Crippen molar-refractivity contribution in [3.05, 3.63) is 59.2 Å². The average Bonchev–Trinajstić information content (AvgIpc) is 2.65. The van der Waals surface area contributed by atoms with Gasteiger partial charge in [0.1, 0.15) is 48.3 Å². The topological polar surface area (TPSA) is 110 Å². The summed E-state index contributed by atoms with van der Waals surface area (Å²) in [6.07, 6.45) is -8.48. The molecule has 0 aliphatic carbocycles. The molecule has 0 amide bonds. The lowest BCUT2D eigenvalue weighted by molar-refractivity contribution is -0.250. The lowest BCUT2D eigenvalue weighted by Crippen LogP contribution is -2.59. The highest BCUT2D eigenvalue weighted by Gasteiger charge is 2.46. The van der Waals surface area contributed by atoms with Gasteiger partial charge in [0, 0.05) is 6.07 Å². The number of aryl methyl sites for hydroxylation is 1. The Morgan fingerprint density at radius 1 is 0.929 bits per heavy atom. The van der Waals surface area contributed by atoms with Gasteiger partial charge in [0.2, 0.25) is 0 Å².